The van der Waals surface area contributed by atoms with Gasteiger partial charge in [-0.05, 0) is 18.6 Å². The van der Waals surface area contributed by atoms with Crippen LogP contribution in [0.2, 0.25) is 0 Å². The SMILES string of the molecule is CCCN1C=CC(=Nc2cc[nH]c2C=O)CC1. The zero-order valence-corrected chi connectivity index (χ0v) is 10.0. The maximum atomic E-state index is 10.7. The highest BCUT2D eigenvalue weighted by Gasteiger charge is 2.08. The van der Waals surface area contributed by atoms with Gasteiger partial charge < -0.3 is 9.88 Å². The molecule has 0 saturated carbocycles. The first-order valence-corrected chi connectivity index (χ1v) is 5.96. The highest BCUT2D eigenvalue weighted by Crippen LogP contribution is 2.18. The van der Waals surface area contributed by atoms with Gasteiger partial charge in [0.1, 0.15) is 5.69 Å². The van der Waals surface area contributed by atoms with Crippen molar-refractivity contribution < 1.29 is 4.79 Å². The van der Waals surface area contributed by atoms with E-state index in [0.29, 0.717) is 5.69 Å². The minimum absolute atomic E-state index is 0.543. The lowest BCUT2D eigenvalue weighted by Gasteiger charge is -2.23. The summed E-state index contributed by atoms with van der Waals surface area (Å²) in [6.07, 6.45) is 8.73. The Balaban J connectivity index is 2.09. The molecule has 2 heterocycles. The summed E-state index contributed by atoms with van der Waals surface area (Å²) < 4.78 is 0. The molecule has 0 aromatic carbocycles. The number of carbonyl (C=O) groups is 1. The predicted octanol–water partition coefficient (Wildman–Crippen LogP) is 2.53. The van der Waals surface area contributed by atoms with Gasteiger partial charge in [-0.3, -0.25) is 9.79 Å². The fourth-order valence-corrected chi connectivity index (χ4v) is 1.89. The van der Waals surface area contributed by atoms with Gasteiger partial charge in [0.15, 0.2) is 6.29 Å². The third kappa shape index (κ3) is 2.84. The van der Waals surface area contributed by atoms with Crippen LogP contribution in [0, 0.1) is 0 Å². The van der Waals surface area contributed by atoms with E-state index in [1.54, 1.807) is 6.20 Å². The molecule has 0 spiro atoms. The van der Waals surface area contributed by atoms with E-state index in [1.165, 1.54) is 0 Å². The van der Waals surface area contributed by atoms with E-state index in [-0.39, 0.29) is 0 Å². The van der Waals surface area contributed by atoms with Crippen LogP contribution >= 0.6 is 0 Å². The van der Waals surface area contributed by atoms with Crippen LogP contribution in [0.5, 0.6) is 0 Å². The number of nitrogens with one attached hydrogen (secondary N) is 1. The zero-order chi connectivity index (χ0) is 12.1. The molecular formula is C13H17N3O. The highest BCUT2D eigenvalue weighted by molar-refractivity contribution is 5.98. The highest BCUT2D eigenvalue weighted by atomic mass is 16.1. The first kappa shape index (κ1) is 11.6. The van der Waals surface area contributed by atoms with Crippen molar-refractivity contribution in [3.05, 3.63) is 30.2 Å². The minimum Gasteiger partial charge on any atom is -0.377 e. The van der Waals surface area contributed by atoms with Crippen molar-refractivity contribution in [3.63, 3.8) is 0 Å². The Morgan fingerprint density at radius 3 is 3.12 bits per heavy atom. The molecule has 0 amide bonds. The average Bonchev–Trinajstić information content (AvgIpc) is 2.79. The summed E-state index contributed by atoms with van der Waals surface area (Å²) in [4.78, 5) is 20.4. The molecule has 0 bridgehead atoms. The summed E-state index contributed by atoms with van der Waals surface area (Å²) in [5, 5.41) is 0. The first-order chi connectivity index (χ1) is 8.33. The third-order valence-corrected chi connectivity index (χ3v) is 2.78. The maximum Gasteiger partial charge on any atom is 0.168 e. The van der Waals surface area contributed by atoms with Crippen molar-refractivity contribution in [1.82, 2.24) is 9.88 Å². The van der Waals surface area contributed by atoms with Crippen LogP contribution in [0.15, 0.2) is 29.5 Å². The van der Waals surface area contributed by atoms with E-state index >= 15 is 0 Å². The molecule has 1 aromatic rings. The minimum atomic E-state index is 0.543. The van der Waals surface area contributed by atoms with Crippen LogP contribution in [0.3, 0.4) is 0 Å². The number of aromatic amines is 1. The average molecular weight is 231 g/mol. The second-order valence-electron chi connectivity index (χ2n) is 4.10. The number of rotatable bonds is 4. The van der Waals surface area contributed by atoms with Gasteiger partial charge in [0.2, 0.25) is 0 Å². The van der Waals surface area contributed by atoms with Gasteiger partial charge in [0.25, 0.3) is 0 Å². The summed E-state index contributed by atoms with van der Waals surface area (Å²) >= 11 is 0. The van der Waals surface area contributed by atoms with Crippen LogP contribution in [0.25, 0.3) is 0 Å². The number of aromatic nitrogens is 1. The van der Waals surface area contributed by atoms with Gasteiger partial charge in [-0.1, -0.05) is 6.92 Å². The van der Waals surface area contributed by atoms with Crippen molar-refractivity contribution in [1.29, 1.82) is 0 Å². The molecule has 17 heavy (non-hydrogen) atoms. The summed E-state index contributed by atoms with van der Waals surface area (Å²) in [5.74, 6) is 0. The molecule has 1 aliphatic rings. The summed E-state index contributed by atoms with van der Waals surface area (Å²) in [7, 11) is 0. The normalized spacial score (nSPS) is 17.7. The standard InChI is InChI=1S/C13H17N3O/c1-2-7-16-8-4-11(5-9-16)15-12-3-6-14-13(12)10-17/h3-4,6,8,10,14H,2,5,7,9H2,1H3. The van der Waals surface area contributed by atoms with Gasteiger partial charge in [-0.2, -0.15) is 0 Å². The summed E-state index contributed by atoms with van der Waals surface area (Å²) in [6, 6.07) is 1.82. The molecule has 0 saturated heterocycles. The number of H-pyrrole nitrogens is 1. The largest absolute Gasteiger partial charge is 0.377 e. The number of carbonyl (C=O) groups excluding carboxylic acids is 1. The molecule has 0 aliphatic carbocycles. The molecule has 4 heteroatoms. The molecule has 1 aromatic heterocycles. The molecule has 1 aliphatic heterocycles. The van der Waals surface area contributed by atoms with E-state index in [4.69, 9.17) is 0 Å². The van der Waals surface area contributed by atoms with Crippen molar-refractivity contribution in [2.24, 2.45) is 4.99 Å². The van der Waals surface area contributed by atoms with E-state index in [0.717, 1.165) is 43.6 Å². The van der Waals surface area contributed by atoms with Crippen molar-refractivity contribution >= 4 is 17.7 Å². The molecule has 2 rings (SSSR count). The number of nitrogens with zero attached hydrogens (tertiary/aromatic N) is 2. The number of hydrogen-bond acceptors (Lipinski definition) is 3. The topological polar surface area (TPSA) is 48.5 Å². The predicted molar refractivity (Wildman–Crippen MR) is 68.9 cm³/mol. The second kappa shape index (κ2) is 5.48. The van der Waals surface area contributed by atoms with Gasteiger partial charge in [-0.15, -0.1) is 0 Å². The van der Waals surface area contributed by atoms with E-state index in [2.05, 4.69) is 28.0 Å². The number of aliphatic imine (C=N–C) groups is 1. The number of aldehydes is 1. The van der Waals surface area contributed by atoms with Crippen molar-refractivity contribution in [2.45, 2.75) is 19.8 Å². The lowest BCUT2D eigenvalue weighted by Crippen LogP contribution is -2.25. The molecule has 90 valence electrons. The van der Waals surface area contributed by atoms with Crippen LogP contribution in [-0.2, 0) is 0 Å². The summed E-state index contributed by atoms with van der Waals surface area (Å²) in [6.45, 7) is 4.27. The summed E-state index contributed by atoms with van der Waals surface area (Å²) in [5.41, 5.74) is 2.30. The Labute approximate surface area is 101 Å². The Kier molecular flexibility index (Phi) is 3.75. The lowest BCUT2D eigenvalue weighted by atomic mass is 10.2. The second-order valence-corrected chi connectivity index (χ2v) is 4.10. The van der Waals surface area contributed by atoms with Crippen LogP contribution in [0.4, 0.5) is 5.69 Å². The van der Waals surface area contributed by atoms with Crippen LogP contribution < -0.4 is 0 Å². The van der Waals surface area contributed by atoms with Crippen LogP contribution in [0.1, 0.15) is 30.3 Å². The Morgan fingerprint density at radius 1 is 1.59 bits per heavy atom. The molecule has 4 nitrogen and oxygen atoms in total. The van der Waals surface area contributed by atoms with Crippen molar-refractivity contribution in [2.75, 3.05) is 13.1 Å². The lowest BCUT2D eigenvalue weighted by molar-refractivity contribution is 0.112. The van der Waals surface area contributed by atoms with Gasteiger partial charge >= 0.3 is 0 Å². The molecule has 0 unspecified atom stereocenters. The Hall–Kier alpha value is -1.84. The maximum absolute atomic E-state index is 10.7. The molecule has 0 fully saturated rings. The van der Waals surface area contributed by atoms with Gasteiger partial charge in [-0.25, -0.2) is 0 Å². The van der Waals surface area contributed by atoms with Crippen LogP contribution in [-0.4, -0.2) is 35.0 Å². The Morgan fingerprint density at radius 2 is 2.47 bits per heavy atom. The third-order valence-electron chi connectivity index (χ3n) is 2.78. The number of allylic oxidation sites excluding steroid dienone is 1. The van der Waals surface area contributed by atoms with Gasteiger partial charge in [0, 0.05) is 37.6 Å². The van der Waals surface area contributed by atoms with Gasteiger partial charge in [0.05, 0.1) is 5.69 Å². The van der Waals surface area contributed by atoms with Crippen molar-refractivity contribution in [3.8, 4) is 0 Å². The van der Waals surface area contributed by atoms with E-state index in [9.17, 15) is 4.79 Å². The number of hydrogen-bond donors (Lipinski definition) is 1. The quantitative estimate of drug-likeness (QED) is 0.809. The Bertz CT molecular complexity index is 445. The fraction of sp³-hybridized carbons (Fsp3) is 0.385. The molecule has 1 N–H and O–H groups in total. The monoisotopic (exact) mass is 231 g/mol. The molecular weight excluding hydrogens is 214 g/mol. The zero-order valence-electron chi connectivity index (χ0n) is 10.0. The molecule has 0 radical (unpaired) electrons. The fourth-order valence-electron chi connectivity index (χ4n) is 1.89. The molecule has 0 atom stereocenters. The van der Waals surface area contributed by atoms with E-state index < -0.39 is 0 Å². The smallest absolute Gasteiger partial charge is 0.168 e. The first-order valence-electron chi connectivity index (χ1n) is 5.96. The van der Waals surface area contributed by atoms with E-state index in [1.807, 2.05) is 12.1 Å².